The fourth-order valence-electron chi connectivity index (χ4n) is 1.96. The van der Waals surface area contributed by atoms with Crippen LogP contribution in [0.15, 0.2) is 36.4 Å². The van der Waals surface area contributed by atoms with E-state index in [1.807, 2.05) is 39.8 Å². The molecule has 2 aromatic carbocycles. The highest BCUT2D eigenvalue weighted by Crippen LogP contribution is 2.22. The molecule has 0 aromatic heterocycles. The van der Waals surface area contributed by atoms with Crippen molar-refractivity contribution in [2.45, 2.75) is 27.7 Å². The van der Waals surface area contributed by atoms with Gasteiger partial charge in [-0.05, 0) is 62.1 Å². The summed E-state index contributed by atoms with van der Waals surface area (Å²) < 4.78 is 14.6. The van der Waals surface area contributed by atoms with Gasteiger partial charge in [-0.1, -0.05) is 24.3 Å². The van der Waals surface area contributed by atoms with Crippen LogP contribution < -0.4 is 9.47 Å². The van der Waals surface area contributed by atoms with Gasteiger partial charge in [0.05, 0.1) is 0 Å². The van der Waals surface area contributed by atoms with E-state index in [1.54, 1.807) is 24.3 Å². The first kappa shape index (κ1) is 16.5. The third kappa shape index (κ3) is 4.10. The third-order valence-corrected chi connectivity index (χ3v) is 3.66. The molecule has 0 atom stereocenters. The van der Waals surface area contributed by atoms with E-state index in [0.717, 1.165) is 22.3 Å². The zero-order chi connectivity index (χ0) is 17.0. The molecule has 0 aliphatic rings. The maximum absolute atomic E-state index is 11.7. The second kappa shape index (κ2) is 6.96. The molecule has 0 N–H and O–H groups in total. The van der Waals surface area contributed by atoms with Gasteiger partial charge in [0.15, 0.2) is 0 Å². The Kier molecular flexibility index (Phi) is 5.01. The zero-order valence-electron chi connectivity index (χ0n) is 13.5. The summed E-state index contributed by atoms with van der Waals surface area (Å²) in [4.78, 5) is 23.4. The van der Waals surface area contributed by atoms with E-state index >= 15 is 0 Å². The molecular weight excluding hydrogens is 296 g/mol. The third-order valence-electron chi connectivity index (χ3n) is 3.66. The smallest absolute Gasteiger partial charge is 0.394 e. The predicted molar refractivity (Wildman–Crippen MR) is 85.0 cm³/mol. The quantitative estimate of drug-likeness (QED) is 0.459. The van der Waals surface area contributed by atoms with Crippen LogP contribution in [0.4, 0.5) is 9.59 Å². The second-order valence-corrected chi connectivity index (χ2v) is 5.20. The number of rotatable bonds is 2. The van der Waals surface area contributed by atoms with E-state index in [1.165, 1.54) is 0 Å². The molecular formula is C18H18O5. The number of ether oxygens (including phenoxy) is 3. The van der Waals surface area contributed by atoms with Crippen LogP contribution in [0.2, 0.25) is 0 Å². The largest absolute Gasteiger partial charge is 0.524 e. The van der Waals surface area contributed by atoms with E-state index in [-0.39, 0.29) is 0 Å². The summed E-state index contributed by atoms with van der Waals surface area (Å²) in [6.45, 7) is 7.41. The number of hydrogen-bond donors (Lipinski definition) is 0. The van der Waals surface area contributed by atoms with E-state index in [4.69, 9.17) is 9.47 Å². The van der Waals surface area contributed by atoms with Gasteiger partial charge in [-0.2, -0.15) is 0 Å². The standard InChI is InChI=1S/C18H18O5/c1-11-7-5-9-15(13(11)3)21-17(19)23-18(20)22-16-10-6-8-12(2)14(16)4/h5-10H,1-4H3. The van der Waals surface area contributed by atoms with Gasteiger partial charge < -0.3 is 14.2 Å². The van der Waals surface area contributed by atoms with Crippen molar-refractivity contribution in [3.8, 4) is 11.5 Å². The van der Waals surface area contributed by atoms with Crippen LogP contribution in [-0.2, 0) is 4.74 Å². The van der Waals surface area contributed by atoms with Gasteiger partial charge in [-0.3, -0.25) is 0 Å². The normalized spacial score (nSPS) is 10.1. The topological polar surface area (TPSA) is 61.8 Å². The minimum Gasteiger partial charge on any atom is -0.394 e. The van der Waals surface area contributed by atoms with Crippen molar-refractivity contribution < 1.29 is 23.8 Å². The Hall–Kier alpha value is -2.82. The molecule has 0 spiro atoms. The van der Waals surface area contributed by atoms with Crippen LogP contribution in [0, 0.1) is 27.7 Å². The molecule has 5 nitrogen and oxygen atoms in total. The molecule has 0 fully saturated rings. The Morgan fingerprint density at radius 1 is 0.696 bits per heavy atom. The number of aryl methyl sites for hydroxylation is 2. The maximum atomic E-state index is 11.7. The van der Waals surface area contributed by atoms with Crippen molar-refractivity contribution in [3.05, 3.63) is 58.7 Å². The Balaban J connectivity index is 1.99. The first-order valence-electron chi connectivity index (χ1n) is 7.12. The van der Waals surface area contributed by atoms with Crippen LogP contribution in [0.5, 0.6) is 11.5 Å². The average molecular weight is 314 g/mol. The number of carbonyl (C=O) groups excluding carboxylic acids is 2. The number of carbonyl (C=O) groups is 2. The average Bonchev–Trinajstić information content (AvgIpc) is 2.48. The Bertz CT molecular complexity index is 686. The fraction of sp³-hybridized carbons (Fsp3) is 0.222. The molecule has 120 valence electrons. The minimum atomic E-state index is -1.13. The molecule has 0 radical (unpaired) electrons. The van der Waals surface area contributed by atoms with Gasteiger partial charge in [-0.15, -0.1) is 0 Å². The van der Waals surface area contributed by atoms with Gasteiger partial charge in [0.1, 0.15) is 11.5 Å². The lowest BCUT2D eigenvalue weighted by molar-refractivity contribution is 0.0892. The second-order valence-electron chi connectivity index (χ2n) is 5.20. The van der Waals surface area contributed by atoms with Crippen LogP contribution in [0.25, 0.3) is 0 Å². The van der Waals surface area contributed by atoms with Gasteiger partial charge in [-0.25, -0.2) is 9.59 Å². The Labute approximate surface area is 134 Å². The minimum absolute atomic E-state index is 0.342. The number of benzene rings is 2. The van der Waals surface area contributed by atoms with E-state index in [0.29, 0.717) is 11.5 Å². The van der Waals surface area contributed by atoms with Crippen molar-refractivity contribution in [2.24, 2.45) is 0 Å². The summed E-state index contributed by atoms with van der Waals surface area (Å²) >= 11 is 0. The summed E-state index contributed by atoms with van der Waals surface area (Å²) in [5, 5.41) is 0. The molecule has 0 aliphatic heterocycles. The molecule has 5 heteroatoms. The summed E-state index contributed by atoms with van der Waals surface area (Å²) in [6, 6.07) is 10.5. The summed E-state index contributed by atoms with van der Waals surface area (Å²) in [5.74, 6) is 0.684. The fourth-order valence-corrected chi connectivity index (χ4v) is 1.96. The lowest BCUT2D eigenvalue weighted by atomic mass is 10.1. The molecule has 2 rings (SSSR count). The highest BCUT2D eigenvalue weighted by atomic mass is 16.8. The van der Waals surface area contributed by atoms with Gasteiger partial charge in [0.25, 0.3) is 0 Å². The summed E-state index contributed by atoms with van der Waals surface area (Å²) in [6.07, 6.45) is -2.26. The first-order valence-corrected chi connectivity index (χ1v) is 7.12. The van der Waals surface area contributed by atoms with Gasteiger partial charge >= 0.3 is 12.3 Å². The predicted octanol–water partition coefficient (Wildman–Crippen LogP) is 4.63. The van der Waals surface area contributed by atoms with Crippen molar-refractivity contribution in [1.82, 2.24) is 0 Å². The Morgan fingerprint density at radius 3 is 1.48 bits per heavy atom. The Morgan fingerprint density at radius 2 is 1.09 bits per heavy atom. The lowest BCUT2D eigenvalue weighted by Gasteiger charge is -2.10. The molecule has 0 heterocycles. The van der Waals surface area contributed by atoms with Crippen LogP contribution in [0.1, 0.15) is 22.3 Å². The van der Waals surface area contributed by atoms with Gasteiger partial charge in [0.2, 0.25) is 0 Å². The van der Waals surface area contributed by atoms with Gasteiger partial charge in [0, 0.05) is 0 Å². The number of hydrogen-bond acceptors (Lipinski definition) is 5. The molecule has 0 unspecified atom stereocenters. The molecule has 0 aliphatic carbocycles. The molecule has 0 saturated carbocycles. The molecule has 0 amide bonds. The monoisotopic (exact) mass is 314 g/mol. The van der Waals surface area contributed by atoms with Crippen molar-refractivity contribution in [3.63, 3.8) is 0 Å². The molecule has 23 heavy (non-hydrogen) atoms. The SMILES string of the molecule is Cc1cccc(OC(=O)OC(=O)Oc2cccc(C)c2C)c1C. The highest BCUT2D eigenvalue weighted by Gasteiger charge is 2.17. The van der Waals surface area contributed by atoms with Crippen molar-refractivity contribution in [1.29, 1.82) is 0 Å². The lowest BCUT2D eigenvalue weighted by Crippen LogP contribution is -2.20. The van der Waals surface area contributed by atoms with Crippen LogP contribution in [0.3, 0.4) is 0 Å². The molecule has 0 saturated heterocycles. The first-order chi connectivity index (χ1) is 10.9. The molecule has 0 bridgehead atoms. The van der Waals surface area contributed by atoms with E-state index in [2.05, 4.69) is 4.74 Å². The van der Waals surface area contributed by atoms with Crippen molar-refractivity contribution >= 4 is 12.3 Å². The molecule has 2 aromatic rings. The highest BCUT2D eigenvalue weighted by molar-refractivity contribution is 5.80. The van der Waals surface area contributed by atoms with E-state index in [9.17, 15) is 9.59 Å². The summed E-state index contributed by atoms with van der Waals surface area (Å²) in [5.41, 5.74) is 3.53. The maximum Gasteiger partial charge on any atom is 0.524 e. The van der Waals surface area contributed by atoms with Crippen LogP contribution >= 0.6 is 0 Å². The van der Waals surface area contributed by atoms with Crippen LogP contribution in [-0.4, -0.2) is 12.3 Å². The van der Waals surface area contributed by atoms with Crippen molar-refractivity contribution in [2.75, 3.05) is 0 Å². The summed E-state index contributed by atoms with van der Waals surface area (Å²) in [7, 11) is 0. The zero-order valence-corrected chi connectivity index (χ0v) is 13.5. The van der Waals surface area contributed by atoms with E-state index < -0.39 is 12.3 Å².